The Bertz CT molecular complexity index is 780. The van der Waals surface area contributed by atoms with Crippen molar-refractivity contribution in [2.45, 2.75) is 36.6 Å². The van der Waals surface area contributed by atoms with Crippen LogP contribution in [0.4, 0.5) is 0 Å². The maximum Gasteiger partial charge on any atom is 0.325 e. The summed E-state index contributed by atoms with van der Waals surface area (Å²) in [6.07, 6.45) is 1.44. The first kappa shape index (κ1) is 15.4. The molecule has 116 valence electrons. The fourth-order valence-corrected chi connectivity index (χ4v) is 4.49. The molecule has 0 spiro atoms. The number of rotatable bonds is 4. The molecule has 2 heterocycles. The van der Waals surface area contributed by atoms with E-state index in [1.54, 1.807) is 6.92 Å². The van der Waals surface area contributed by atoms with Gasteiger partial charge in [0.25, 0.3) is 15.6 Å². The largest absolute Gasteiger partial charge is 0.480 e. The topological polar surface area (TPSA) is 140 Å². The van der Waals surface area contributed by atoms with Gasteiger partial charge < -0.3 is 10.1 Å². The third-order valence-corrected chi connectivity index (χ3v) is 5.74. The van der Waals surface area contributed by atoms with E-state index in [-0.39, 0.29) is 19.4 Å². The zero-order chi connectivity index (χ0) is 15.8. The van der Waals surface area contributed by atoms with Gasteiger partial charge in [-0.25, -0.2) is 13.2 Å². The van der Waals surface area contributed by atoms with E-state index >= 15 is 0 Å². The third-order valence-electron chi connectivity index (χ3n) is 3.77. The Hall–Kier alpha value is -1.94. The lowest BCUT2D eigenvalue weighted by Crippen LogP contribution is -2.53. The van der Waals surface area contributed by atoms with Gasteiger partial charge in [0.15, 0.2) is 4.90 Å². The molecule has 0 amide bonds. The standard InChI is InChI=1S/C11H15N3O6S/c1-2-11(9(16)17)4-3-5-14(11)21(19,20)7-6-12-10(18)13-8(7)15/h6H,2-5H2,1H3,(H,16,17)(H2,12,13,15,18). The van der Waals surface area contributed by atoms with Gasteiger partial charge in [-0.15, -0.1) is 0 Å². The second kappa shape index (κ2) is 5.11. The van der Waals surface area contributed by atoms with Crippen LogP contribution in [0.3, 0.4) is 0 Å². The number of nitrogens with one attached hydrogen (secondary N) is 2. The van der Waals surface area contributed by atoms with Gasteiger partial charge in [0.2, 0.25) is 0 Å². The summed E-state index contributed by atoms with van der Waals surface area (Å²) in [4.78, 5) is 37.4. The summed E-state index contributed by atoms with van der Waals surface area (Å²) >= 11 is 0. The van der Waals surface area contributed by atoms with Crippen molar-refractivity contribution in [3.05, 3.63) is 27.0 Å². The fourth-order valence-electron chi connectivity index (χ4n) is 2.63. The van der Waals surface area contributed by atoms with E-state index in [1.165, 1.54) is 0 Å². The highest BCUT2D eigenvalue weighted by molar-refractivity contribution is 7.89. The molecule has 0 bridgehead atoms. The molecule has 1 aromatic rings. The number of hydrogen-bond donors (Lipinski definition) is 3. The SMILES string of the molecule is CCC1(C(=O)O)CCCN1S(=O)(=O)c1c[nH]c(=O)[nH]c1=O. The van der Waals surface area contributed by atoms with Crippen LogP contribution < -0.4 is 11.2 Å². The lowest BCUT2D eigenvalue weighted by molar-refractivity contribution is -0.147. The molecule has 0 radical (unpaired) electrons. The maximum atomic E-state index is 12.6. The predicted octanol–water partition coefficient (Wildman–Crippen LogP) is -0.919. The minimum atomic E-state index is -4.31. The van der Waals surface area contributed by atoms with E-state index in [2.05, 4.69) is 4.98 Å². The van der Waals surface area contributed by atoms with Crippen LogP contribution in [0.2, 0.25) is 0 Å². The van der Waals surface area contributed by atoms with Gasteiger partial charge in [0, 0.05) is 12.7 Å². The minimum absolute atomic E-state index is 0.0149. The second-order valence-corrected chi connectivity index (χ2v) is 6.64. The van der Waals surface area contributed by atoms with Crippen molar-refractivity contribution in [3.8, 4) is 0 Å². The molecule has 0 aromatic carbocycles. The van der Waals surface area contributed by atoms with Crippen molar-refractivity contribution in [2.75, 3.05) is 6.54 Å². The number of aromatic amines is 2. The number of hydrogen-bond acceptors (Lipinski definition) is 5. The molecule has 1 fully saturated rings. The lowest BCUT2D eigenvalue weighted by atomic mass is 9.95. The zero-order valence-electron chi connectivity index (χ0n) is 11.2. The van der Waals surface area contributed by atoms with Crippen molar-refractivity contribution in [3.63, 3.8) is 0 Å². The Morgan fingerprint density at radius 2 is 2.14 bits per heavy atom. The molecule has 1 aliphatic rings. The summed E-state index contributed by atoms with van der Waals surface area (Å²) < 4.78 is 26.0. The number of aliphatic carboxylic acids is 1. The molecular formula is C11H15N3O6S. The molecule has 1 saturated heterocycles. The maximum absolute atomic E-state index is 12.6. The van der Waals surface area contributed by atoms with Crippen LogP contribution in [-0.2, 0) is 14.8 Å². The summed E-state index contributed by atoms with van der Waals surface area (Å²) in [5, 5.41) is 9.41. The average molecular weight is 317 g/mol. The van der Waals surface area contributed by atoms with Gasteiger partial charge >= 0.3 is 11.7 Å². The van der Waals surface area contributed by atoms with Gasteiger partial charge in [-0.1, -0.05) is 6.92 Å². The van der Waals surface area contributed by atoms with Gasteiger partial charge in [-0.2, -0.15) is 4.31 Å². The van der Waals surface area contributed by atoms with Crippen LogP contribution in [0.25, 0.3) is 0 Å². The van der Waals surface area contributed by atoms with Crippen molar-refractivity contribution in [1.82, 2.24) is 14.3 Å². The predicted molar refractivity (Wildman–Crippen MR) is 71.5 cm³/mol. The number of H-pyrrole nitrogens is 2. The molecule has 3 N–H and O–H groups in total. The highest BCUT2D eigenvalue weighted by Gasteiger charge is 2.52. The first-order valence-corrected chi connectivity index (χ1v) is 7.78. The summed E-state index contributed by atoms with van der Waals surface area (Å²) in [6, 6.07) is 0. The Morgan fingerprint density at radius 1 is 1.48 bits per heavy atom. The normalized spacial score (nSPS) is 23.3. The van der Waals surface area contributed by atoms with E-state index in [0.717, 1.165) is 10.5 Å². The first-order chi connectivity index (χ1) is 9.75. The van der Waals surface area contributed by atoms with Gasteiger partial charge in [0.05, 0.1) is 0 Å². The second-order valence-electron chi connectivity index (χ2n) is 4.81. The number of carboxylic acid groups (broad SMARTS) is 1. The Balaban J connectivity index is 2.61. The molecule has 0 saturated carbocycles. The van der Waals surface area contributed by atoms with Crippen molar-refractivity contribution >= 4 is 16.0 Å². The van der Waals surface area contributed by atoms with E-state index in [9.17, 15) is 27.9 Å². The number of aromatic nitrogens is 2. The molecule has 1 aromatic heterocycles. The van der Waals surface area contributed by atoms with Crippen LogP contribution in [0, 0.1) is 0 Å². The quantitative estimate of drug-likeness (QED) is 0.656. The molecule has 21 heavy (non-hydrogen) atoms. The zero-order valence-corrected chi connectivity index (χ0v) is 12.1. The van der Waals surface area contributed by atoms with Gasteiger partial charge in [-0.3, -0.25) is 14.6 Å². The van der Waals surface area contributed by atoms with E-state index in [1.807, 2.05) is 4.98 Å². The number of carbonyl (C=O) groups is 1. The van der Waals surface area contributed by atoms with E-state index in [4.69, 9.17) is 0 Å². The minimum Gasteiger partial charge on any atom is -0.480 e. The van der Waals surface area contributed by atoms with Crippen LogP contribution in [-0.4, -0.2) is 45.9 Å². The van der Waals surface area contributed by atoms with Gasteiger partial charge in [0.1, 0.15) is 5.54 Å². The summed E-state index contributed by atoms with van der Waals surface area (Å²) in [5.74, 6) is -1.24. The number of nitrogens with zero attached hydrogens (tertiary/aromatic N) is 1. The number of carboxylic acids is 1. The highest BCUT2D eigenvalue weighted by atomic mass is 32.2. The Morgan fingerprint density at radius 3 is 2.67 bits per heavy atom. The van der Waals surface area contributed by atoms with E-state index in [0.29, 0.717) is 6.42 Å². The molecule has 10 heteroatoms. The Kier molecular flexibility index (Phi) is 3.76. The third kappa shape index (κ3) is 2.29. The van der Waals surface area contributed by atoms with Gasteiger partial charge in [-0.05, 0) is 19.3 Å². The summed E-state index contributed by atoms with van der Waals surface area (Å²) in [7, 11) is -4.31. The van der Waals surface area contributed by atoms with Crippen LogP contribution in [0.1, 0.15) is 26.2 Å². The lowest BCUT2D eigenvalue weighted by Gasteiger charge is -2.32. The van der Waals surface area contributed by atoms with Crippen LogP contribution in [0.5, 0.6) is 0 Å². The highest BCUT2D eigenvalue weighted by Crippen LogP contribution is 2.36. The average Bonchev–Trinajstić information content (AvgIpc) is 2.84. The fraction of sp³-hybridized carbons (Fsp3) is 0.545. The molecule has 1 aliphatic heterocycles. The molecule has 9 nitrogen and oxygen atoms in total. The summed E-state index contributed by atoms with van der Waals surface area (Å²) in [6.45, 7) is 1.60. The van der Waals surface area contributed by atoms with Crippen LogP contribution in [0.15, 0.2) is 20.7 Å². The molecule has 2 rings (SSSR count). The monoisotopic (exact) mass is 317 g/mol. The molecular weight excluding hydrogens is 302 g/mol. The van der Waals surface area contributed by atoms with Crippen molar-refractivity contribution < 1.29 is 18.3 Å². The molecule has 0 aliphatic carbocycles. The smallest absolute Gasteiger partial charge is 0.325 e. The van der Waals surface area contributed by atoms with E-state index < -0.39 is 37.7 Å². The molecule has 1 atom stereocenters. The molecule has 1 unspecified atom stereocenters. The van der Waals surface area contributed by atoms with Crippen molar-refractivity contribution in [1.29, 1.82) is 0 Å². The Labute approximate surface area is 119 Å². The summed E-state index contributed by atoms with van der Waals surface area (Å²) in [5.41, 5.74) is -3.46. The first-order valence-electron chi connectivity index (χ1n) is 6.34. The number of sulfonamides is 1. The van der Waals surface area contributed by atoms with Crippen molar-refractivity contribution in [2.24, 2.45) is 0 Å². The van der Waals surface area contributed by atoms with Crippen LogP contribution >= 0.6 is 0 Å².